The van der Waals surface area contributed by atoms with Crippen LogP contribution in [0, 0.1) is 11.3 Å². The van der Waals surface area contributed by atoms with E-state index >= 15 is 0 Å². The third-order valence-corrected chi connectivity index (χ3v) is 5.56. The largest absolute Gasteiger partial charge is 0.481 e. The van der Waals surface area contributed by atoms with E-state index < -0.39 is 11.4 Å². The monoisotopic (exact) mass is 355 g/mol. The smallest absolute Gasteiger partial charge is 0.311 e. The van der Waals surface area contributed by atoms with E-state index in [2.05, 4.69) is 15.0 Å². The first kappa shape index (κ1) is 16.6. The molecule has 2 saturated heterocycles. The number of hydrogen-bond acceptors (Lipinski definition) is 5. The van der Waals surface area contributed by atoms with Crippen LogP contribution in [0.3, 0.4) is 0 Å². The summed E-state index contributed by atoms with van der Waals surface area (Å²) in [5.41, 5.74) is -0.335. The fraction of sp³-hybridized carbons (Fsp3) is 0.444. The van der Waals surface area contributed by atoms with E-state index in [-0.39, 0.29) is 11.8 Å². The normalized spacial score (nSPS) is 25.6. The highest BCUT2D eigenvalue weighted by atomic mass is 16.4. The van der Waals surface area contributed by atoms with Gasteiger partial charge >= 0.3 is 5.97 Å². The zero-order valence-electron chi connectivity index (χ0n) is 14.3. The quantitative estimate of drug-likeness (QED) is 0.859. The van der Waals surface area contributed by atoms with Crippen LogP contribution in [0.4, 0.5) is 5.95 Å². The lowest BCUT2D eigenvalue weighted by molar-refractivity contribution is -0.150. The van der Waals surface area contributed by atoms with Crippen LogP contribution in [-0.2, 0) is 4.79 Å². The van der Waals surface area contributed by atoms with Crippen molar-refractivity contribution in [1.82, 2.24) is 19.9 Å². The van der Waals surface area contributed by atoms with Gasteiger partial charge in [0, 0.05) is 50.7 Å². The van der Waals surface area contributed by atoms with E-state index in [4.69, 9.17) is 0 Å². The first-order valence-corrected chi connectivity index (χ1v) is 8.78. The summed E-state index contributed by atoms with van der Waals surface area (Å²) in [6, 6.07) is 5.27. The van der Waals surface area contributed by atoms with Gasteiger partial charge in [-0.3, -0.25) is 9.59 Å². The van der Waals surface area contributed by atoms with E-state index in [0.717, 1.165) is 0 Å². The lowest BCUT2D eigenvalue weighted by Gasteiger charge is -2.29. The molecule has 0 saturated carbocycles. The van der Waals surface area contributed by atoms with Crippen LogP contribution in [0.15, 0.2) is 36.8 Å². The van der Waals surface area contributed by atoms with Gasteiger partial charge in [-0.2, -0.15) is 0 Å². The van der Waals surface area contributed by atoms with E-state index in [1.165, 1.54) is 0 Å². The van der Waals surface area contributed by atoms with Crippen molar-refractivity contribution in [1.29, 1.82) is 0 Å². The van der Waals surface area contributed by atoms with Crippen molar-refractivity contribution in [2.45, 2.75) is 12.8 Å². The average Bonchev–Trinajstić information content (AvgIpc) is 3.27. The molecule has 26 heavy (non-hydrogen) atoms. The molecule has 136 valence electrons. The molecular weight excluding hydrogens is 334 g/mol. The summed E-state index contributed by atoms with van der Waals surface area (Å²) in [7, 11) is 0. The molecule has 1 amide bonds. The second-order valence-electron chi connectivity index (χ2n) is 7.03. The maximum atomic E-state index is 12.7. The SMILES string of the molecule is O=C(c1ccc[nH]1)N1CCC[C@]2(C(=O)O)CN(c3ncccn3)C[C@@H]2C1. The molecule has 0 aromatic carbocycles. The lowest BCUT2D eigenvalue weighted by atomic mass is 9.75. The Hall–Kier alpha value is -2.90. The Morgan fingerprint density at radius 1 is 1.23 bits per heavy atom. The van der Waals surface area contributed by atoms with E-state index in [1.807, 2.05) is 4.90 Å². The van der Waals surface area contributed by atoms with Crippen molar-refractivity contribution in [2.75, 3.05) is 31.1 Å². The third kappa shape index (κ3) is 2.71. The number of H-pyrrole nitrogens is 1. The van der Waals surface area contributed by atoms with Gasteiger partial charge in [-0.05, 0) is 31.0 Å². The van der Waals surface area contributed by atoms with Crippen molar-refractivity contribution >= 4 is 17.8 Å². The van der Waals surface area contributed by atoms with Crippen molar-refractivity contribution in [3.63, 3.8) is 0 Å². The Kier molecular flexibility index (Phi) is 4.10. The second kappa shape index (κ2) is 6.44. The summed E-state index contributed by atoms with van der Waals surface area (Å²) in [6.45, 7) is 1.91. The molecule has 8 heteroatoms. The molecule has 0 spiro atoms. The highest BCUT2D eigenvalue weighted by Crippen LogP contribution is 2.43. The van der Waals surface area contributed by atoms with Gasteiger partial charge in [-0.25, -0.2) is 9.97 Å². The number of carboxylic acid groups (broad SMARTS) is 1. The van der Waals surface area contributed by atoms with Crippen molar-refractivity contribution in [2.24, 2.45) is 11.3 Å². The average molecular weight is 355 g/mol. The number of anilines is 1. The van der Waals surface area contributed by atoms with Gasteiger partial charge in [0.15, 0.2) is 0 Å². The number of nitrogens with one attached hydrogen (secondary N) is 1. The van der Waals surface area contributed by atoms with Crippen LogP contribution in [-0.4, -0.2) is 63.0 Å². The topological polar surface area (TPSA) is 102 Å². The molecule has 2 N–H and O–H groups in total. The maximum absolute atomic E-state index is 12.7. The van der Waals surface area contributed by atoms with E-state index in [9.17, 15) is 14.7 Å². The Morgan fingerprint density at radius 2 is 2.04 bits per heavy atom. The number of nitrogens with zero attached hydrogens (tertiary/aromatic N) is 4. The minimum absolute atomic E-state index is 0.0781. The second-order valence-corrected chi connectivity index (χ2v) is 7.03. The zero-order valence-corrected chi connectivity index (χ0v) is 14.3. The molecule has 2 aromatic rings. The summed E-state index contributed by atoms with van der Waals surface area (Å²) in [4.78, 5) is 40.1. The molecule has 2 aromatic heterocycles. The molecule has 0 aliphatic carbocycles. The summed E-state index contributed by atoms with van der Waals surface area (Å²) in [6.07, 6.45) is 6.25. The van der Waals surface area contributed by atoms with Crippen LogP contribution in [0.1, 0.15) is 23.3 Å². The third-order valence-electron chi connectivity index (χ3n) is 5.56. The summed E-state index contributed by atoms with van der Waals surface area (Å²) >= 11 is 0. The number of carboxylic acids is 1. The van der Waals surface area contributed by atoms with Gasteiger partial charge in [0.25, 0.3) is 5.91 Å². The first-order chi connectivity index (χ1) is 12.6. The van der Waals surface area contributed by atoms with Gasteiger partial charge < -0.3 is 19.9 Å². The summed E-state index contributed by atoms with van der Waals surface area (Å²) < 4.78 is 0. The summed E-state index contributed by atoms with van der Waals surface area (Å²) in [5.74, 6) is -0.491. The number of fused-ring (bicyclic) bond motifs is 1. The highest BCUT2D eigenvalue weighted by Gasteiger charge is 2.54. The number of carbonyl (C=O) groups is 2. The van der Waals surface area contributed by atoms with Crippen LogP contribution in [0.2, 0.25) is 0 Å². The maximum Gasteiger partial charge on any atom is 0.311 e. The molecule has 0 unspecified atom stereocenters. The molecule has 2 aliphatic heterocycles. The van der Waals surface area contributed by atoms with Crippen molar-refractivity contribution in [3.05, 3.63) is 42.5 Å². The molecule has 4 heterocycles. The number of likely N-dealkylation sites (tertiary alicyclic amines) is 1. The van der Waals surface area contributed by atoms with E-state index in [1.54, 1.807) is 41.7 Å². The van der Waals surface area contributed by atoms with Crippen molar-refractivity contribution in [3.8, 4) is 0 Å². The molecule has 2 atom stereocenters. The van der Waals surface area contributed by atoms with Gasteiger partial charge in [-0.1, -0.05) is 0 Å². The van der Waals surface area contributed by atoms with Crippen LogP contribution >= 0.6 is 0 Å². The number of carbonyl (C=O) groups excluding carboxylic acids is 1. The first-order valence-electron chi connectivity index (χ1n) is 8.78. The molecule has 2 fully saturated rings. The number of rotatable bonds is 3. The Bertz CT molecular complexity index is 794. The van der Waals surface area contributed by atoms with E-state index in [0.29, 0.717) is 50.7 Å². The van der Waals surface area contributed by atoms with Crippen molar-refractivity contribution < 1.29 is 14.7 Å². The fourth-order valence-corrected chi connectivity index (χ4v) is 4.21. The van der Waals surface area contributed by atoms with Crippen LogP contribution in [0.5, 0.6) is 0 Å². The number of aromatic nitrogens is 3. The molecule has 2 aliphatic rings. The van der Waals surface area contributed by atoms with Gasteiger partial charge in [0.2, 0.25) is 5.95 Å². The molecule has 4 rings (SSSR count). The number of amides is 1. The lowest BCUT2D eigenvalue weighted by Crippen LogP contribution is -2.42. The van der Waals surface area contributed by atoms with Crippen LogP contribution < -0.4 is 4.90 Å². The molecule has 0 bridgehead atoms. The zero-order chi connectivity index (χ0) is 18.1. The Labute approximate surface area is 150 Å². The van der Waals surface area contributed by atoms with Gasteiger partial charge in [0.1, 0.15) is 5.69 Å². The Balaban J connectivity index is 1.61. The molecule has 8 nitrogen and oxygen atoms in total. The molecular formula is C18H21N5O3. The van der Waals surface area contributed by atoms with Gasteiger partial charge in [0.05, 0.1) is 5.41 Å². The number of aliphatic carboxylic acids is 1. The standard InChI is InChI=1S/C18H21N5O3/c24-15(14-4-1-6-19-14)22-9-2-5-18(16(25)26)12-23(11-13(18)10-22)17-20-7-3-8-21-17/h1,3-4,6-8,13,19H,2,5,9-12H2,(H,25,26)/t13-,18-/m0/s1. The number of hydrogen-bond donors (Lipinski definition) is 2. The fourth-order valence-electron chi connectivity index (χ4n) is 4.21. The van der Waals surface area contributed by atoms with Crippen LogP contribution in [0.25, 0.3) is 0 Å². The number of aromatic amines is 1. The predicted molar refractivity (Wildman–Crippen MR) is 93.7 cm³/mol. The summed E-state index contributed by atoms with van der Waals surface area (Å²) in [5, 5.41) is 10.0. The molecule has 0 radical (unpaired) electrons. The van der Waals surface area contributed by atoms with Gasteiger partial charge in [-0.15, -0.1) is 0 Å². The highest BCUT2D eigenvalue weighted by molar-refractivity contribution is 5.92. The Morgan fingerprint density at radius 3 is 2.73 bits per heavy atom. The minimum atomic E-state index is -0.871. The predicted octanol–water partition coefficient (Wildman–Crippen LogP) is 1.25. The minimum Gasteiger partial charge on any atom is -0.481 e.